The summed E-state index contributed by atoms with van der Waals surface area (Å²) >= 11 is 1.71. The molecule has 3 unspecified atom stereocenters. The van der Waals surface area contributed by atoms with Gasteiger partial charge in [0.25, 0.3) is 0 Å². The molecule has 0 spiro atoms. The lowest BCUT2D eigenvalue weighted by molar-refractivity contribution is 0.451. The molecule has 2 rings (SSSR count). The lowest BCUT2D eigenvalue weighted by Crippen LogP contribution is -2.39. The number of hydrogen-bond acceptors (Lipinski definition) is 4. The monoisotopic (exact) mass is 211 g/mol. The van der Waals surface area contributed by atoms with Crippen LogP contribution in [0.4, 0.5) is 0 Å². The molecule has 0 bridgehead atoms. The Morgan fingerprint density at radius 1 is 1.79 bits per heavy atom. The standard InChI is InChI=1S/C10H17N3S/c1-6-3-9(6)10(13-11)4-8-5-14-7(2)12-8/h5-6,9-10,13H,3-4,11H2,1-2H3. The Morgan fingerprint density at radius 3 is 2.93 bits per heavy atom. The van der Waals surface area contributed by atoms with Gasteiger partial charge in [-0.1, -0.05) is 6.92 Å². The van der Waals surface area contributed by atoms with Crippen LogP contribution in [0.2, 0.25) is 0 Å². The summed E-state index contributed by atoms with van der Waals surface area (Å²) in [4.78, 5) is 4.46. The lowest BCUT2D eigenvalue weighted by Gasteiger charge is -2.13. The Labute approximate surface area is 88.7 Å². The van der Waals surface area contributed by atoms with Gasteiger partial charge < -0.3 is 0 Å². The van der Waals surface area contributed by atoms with E-state index in [-0.39, 0.29) is 0 Å². The van der Waals surface area contributed by atoms with Crippen LogP contribution in [0.15, 0.2) is 5.38 Å². The molecule has 0 aromatic carbocycles. The number of hydrazine groups is 1. The SMILES string of the molecule is Cc1nc(CC(NN)C2CC2C)cs1. The van der Waals surface area contributed by atoms with Crippen LogP contribution in [0.5, 0.6) is 0 Å². The Kier molecular flexibility index (Phi) is 2.85. The number of nitrogens with one attached hydrogen (secondary N) is 1. The molecule has 3 atom stereocenters. The number of nitrogens with zero attached hydrogens (tertiary/aromatic N) is 1. The fourth-order valence-corrected chi connectivity index (χ4v) is 2.60. The molecule has 78 valence electrons. The highest BCUT2D eigenvalue weighted by Crippen LogP contribution is 2.41. The summed E-state index contributed by atoms with van der Waals surface area (Å²) < 4.78 is 0. The van der Waals surface area contributed by atoms with E-state index in [1.165, 1.54) is 12.1 Å². The van der Waals surface area contributed by atoms with Crippen molar-refractivity contribution in [3.63, 3.8) is 0 Å². The van der Waals surface area contributed by atoms with Gasteiger partial charge in [-0.3, -0.25) is 11.3 Å². The second kappa shape index (κ2) is 3.96. The number of hydrogen-bond donors (Lipinski definition) is 2. The average molecular weight is 211 g/mol. The molecule has 1 saturated carbocycles. The van der Waals surface area contributed by atoms with E-state index in [2.05, 4.69) is 22.7 Å². The van der Waals surface area contributed by atoms with Gasteiger partial charge in [0.15, 0.2) is 0 Å². The smallest absolute Gasteiger partial charge is 0.0897 e. The van der Waals surface area contributed by atoms with Crippen LogP contribution in [0.3, 0.4) is 0 Å². The fourth-order valence-electron chi connectivity index (χ4n) is 1.97. The van der Waals surface area contributed by atoms with Crippen LogP contribution < -0.4 is 11.3 Å². The molecular formula is C10H17N3S. The maximum atomic E-state index is 5.56. The van der Waals surface area contributed by atoms with Crippen molar-refractivity contribution in [3.8, 4) is 0 Å². The van der Waals surface area contributed by atoms with Crippen LogP contribution in [-0.4, -0.2) is 11.0 Å². The summed E-state index contributed by atoms with van der Waals surface area (Å²) in [6, 6.07) is 0.409. The van der Waals surface area contributed by atoms with Gasteiger partial charge in [0.1, 0.15) is 0 Å². The third kappa shape index (κ3) is 2.13. The molecule has 3 nitrogen and oxygen atoms in total. The van der Waals surface area contributed by atoms with E-state index in [0.29, 0.717) is 6.04 Å². The van der Waals surface area contributed by atoms with Gasteiger partial charge in [-0.05, 0) is 25.2 Å². The van der Waals surface area contributed by atoms with E-state index in [9.17, 15) is 0 Å². The molecule has 0 aliphatic heterocycles. The summed E-state index contributed by atoms with van der Waals surface area (Å²) in [7, 11) is 0. The van der Waals surface area contributed by atoms with Crippen LogP contribution in [0.25, 0.3) is 0 Å². The first kappa shape index (κ1) is 10.1. The van der Waals surface area contributed by atoms with Gasteiger partial charge in [0, 0.05) is 17.8 Å². The number of aromatic nitrogens is 1. The maximum absolute atomic E-state index is 5.56. The van der Waals surface area contributed by atoms with Crippen LogP contribution in [-0.2, 0) is 6.42 Å². The molecule has 1 heterocycles. The van der Waals surface area contributed by atoms with Crippen LogP contribution >= 0.6 is 11.3 Å². The maximum Gasteiger partial charge on any atom is 0.0897 e. The molecule has 1 aromatic heterocycles. The molecule has 1 aliphatic rings. The molecule has 0 radical (unpaired) electrons. The number of rotatable bonds is 4. The molecule has 14 heavy (non-hydrogen) atoms. The lowest BCUT2D eigenvalue weighted by atomic mass is 10.1. The highest BCUT2D eigenvalue weighted by molar-refractivity contribution is 7.09. The zero-order valence-corrected chi connectivity index (χ0v) is 9.47. The zero-order valence-electron chi connectivity index (χ0n) is 8.66. The van der Waals surface area contributed by atoms with Gasteiger partial charge in [0.05, 0.1) is 10.7 Å². The van der Waals surface area contributed by atoms with Crippen molar-refractivity contribution in [1.29, 1.82) is 0 Å². The topological polar surface area (TPSA) is 50.9 Å². The first-order valence-corrected chi connectivity index (χ1v) is 5.96. The molecule has 3 N–H and O–H groups in total. The van der Waals surface area contributed by atoms with Gasteiger partial charge in [0.2, 0.25) is 0 Å². The van der Waals surface area contributed by atoms with E-state index in [1.54, 1.807) is 11.3 Å². The van der Waals surface area contributed by atoms with Crippen molar-refractivity contribution in [2.24, 2.45) is 17.7 Å². The Balaban J connectivity index is 1.94. The van der Waals surface area contributed by atoms with Gasteiger partial charge >= 0.3 is 0 Å². The highest BCUT2D eigenvalue weighted by Gasteiger charge is 2.39. The predicted octanol–water partition coefficient (Wildman–Crippen LogP) is 1.48. The Morgan fingerprint density at radius 2 is 2.50 bits per heavy atom. The minimum absolute atomic E-state index is 0.409. The molecule has 1 aliphatic carbocycles. The highest BCUT2D eigenvalue weighted by atomic mass is 32.1. The van der Waals surface area contributed by atoms with Crippen molar-refractivity contribution < 1.29 is 0 Å². The zero-order chi connectivity index (χ0) is 10.1. The summed E-state index contributed by atoms with van der Waals surface area (Å²) in [6.07, 6.45) is 2.27. The summed E-state index contributed by atoms with van der Waals surface area (Å²) in [5.74, 6) is 7.14. The normalized spacial score (nSPS) is 27.6. The first-order valence-electron chi connectivity index (χ1n) is 5.08. The van der Waals surface area contributed by atoms with Crippen LogP contribution in [0, 0.1) is 18.8 Å². The summed E-state index contributed by atoms with van der Waals surface area (Å²) in [5.41, 5.74) is 4.09. The third-order valence-electron chi connectivity index (χ3n) is 3.00. The summed E-state index contributed by atoms with van der Waals surface area (Å²) in [6.45, 7) is 4.32. The van der Waals surface area contributed by atoms with E-state index >= 15 is 0 Å². The van der Waals surface area contributed by atoms with E-state index in [1.807, 2.05) is 6.92 Å². The second-order valence-corrected chi connectivity index (χ2v) is 5.27. The van der Waals surface area contributed by atoms with Crippen molar-refractivity contribution in [1.82, 2.24) is 10.4 Å². The van der Waals surface area contributed by atoms with Gasteiger partial charge in [-0.2, -0.15) is 0 Å². The van der Waals surface area contributed by atoms with Gasteiger partial charge in [-0.25, -0.2) is 4.98 Å². The molecular weight excluding hydrogens is 194 g/mol. The fraction of sp³-hybridized carbons (Fsp3) is 0.700. The van der Waals surface area contributed by atoms with Crippen molar-refractivity contribution in [2.45, 2.75) is 32.7 Å². The molecule has 0 amide bonds. The van der Waals surface area contributed by atoms with Crippen molar-refractivity contribution in [2.75, 3.05) is 0 Å². The molecule has 4 heteroatoms. The number of thiazole rings is 1. The van der Waals surface area contributed by atoms with Crippen molar-refractivity contribution >= 4 is 11.3 Å². The number of aryl methyl sites for hydroxylation is 1. The Bertz CT molecular complexity index is 310. The molecule has 0 saturated heterocycles. The molecule has 1 aromatic rings. The van der Waals surface area contributed by atoms with E-state index < -0.39 is 0 Å². The quantitative estimate of drug-likeness (QED) is 0.586. The van der Waals surface area contributed by atoms with Gasteiger partial charge in [-0.15, -0.1) is 11.3 Å². The average Bonchev–Trinajstić information content (AvgIpc) is 2.72. The number of nitrogens with two attached hydrogens (primary N) is 1. The minimum atomic E-state index is 0.409. The van der Waals surface area contributed by atoms with Crippen molar-refractivity contribution in [3.05, 3.63) is 16.1 Å². The van der Waals surface area contributed by atoms with E-state index in [4.69, 9.17) is 5.84 Å². The van der Waals surface area contributed by atoms with E-state index in [0.717, 1.165) is 23.3 Å². The predicted molar refractivity (Wildman–Crippen MR) is 58.9 cm³/mol. The Hall–Kier alpha value is -0.450. The first-order chi connectivity index (χ1) is 6.70. The molecule has 1 fully saturated rings. The minimum Gasteiger partial charge on any atom is -0.271 e. The summed E-state index contributed by atoms with van der Waals surface area (Å²) in [5, 5.41) is 3.27. The third-order valence-corrected chi connectivity index (χ3v) is 3.82. The largest absolute Gasteiger partial charge is 0.271 e. The second-order valence-electron chi connectivity index (χ2n) is 4.21. The van der Waals surface area contributed by atoms with Crippen LogP contribution in [0.1, 0.15) is 24.0 Å².